The molecule has 0 spiro atoms. The summed E-state index contributed by atoms with van der Waals surface area (Å²) in [6.45, 7) is 6.82. The first-order valence-corrected chi connectivity index (χ1v) is 7.07. The molecule has 0 saturated heterocycles. The van der Waals surface area contributed by atoms with E-state index in [9.17, 15) is 4.39 Å². The first kappa shape index (κ1) is 13.1. The molecule has 3 nitrogen and oxygen atoms in total. The number of halogens is 2. The number of ether oxygens (including phenoxy) is 1. The lowest BCUT2D eigenvalue weighted by Crippen LogP contribution is -2.39. The summed E-state index contributed by atoms with van der Waals surface area (Å²) in [6, 6.07) is 0. The van der Waals surface area contributed by atoms with Crippen LogP contribution in [0.15, 0.2) is 6.20 Å². The van der Waals surface area contributed by atoms with E-state index in [1.807, 2.05) is 0 Å². The highest BCUT2D eigenvalue weighted by molar-refractivity contribution is 6.28. The Hall–Kier alpha value is -0.900. The van der Waals surface area contributed by atoms with Crippen molar-refractivity contribution in [2.75, 3.05) is 0 Å². The average Bonchev–Trinajstić information content (AvgIpc) is 2.67. The zero-order valence-electron chi connectivity index (χ0n) is 11.4. The van der Waals surface area contributed by atoms with E-state index >= 15 is 0 Å². The number of rotatable bonds is 2. The van der Waals surface area contributed by atoms with Crippen molar-refractivity contribution in [3.63, 3.8) is 0 Å². The standard InChI is InChI=1S/C14H18ClFN2O/c1-13(2)8-4-5-14(13,3)10(6-8)19-11-9(16)7-17-12(15)18-11/h7-8,10H,4-6H2,1-3H3. The van der Waals surface area contributed by atoms with E-state index in [1.165, 1.54) is 6.42 Å². The van der Waals surface area contributed by atoms with E-state index in [-0.39, 0.29) is 28.1 Å². The Morgan fingerprint density at radius 1 is 1.42 bits per heavy atom. The van der Waals surface area contributed by atoms with Crippen LogP contribution in [0.1, 0.15) is 40.0 Å². The second-order valence-corrected chi connectivity index (χ2v) is 6.85. The average molecular weight is 285 g/mol. The molecule has 2 fully saturated rings. The Morgan fingerprint density at radius 3 is 2.74 bits per heavy atom. The summed E-state index contributed by atoms with van der Waals surface area (Å²) in [5, 5.41) is 0.0176. The van der Waals surface area contributed by atoms with Crippen LogP contribution in [-0.4, -0.2) is 16.1 Å². The van der Waals surface area contributed by atoms with Crippen molar-refractivity contribution < 1.29 is 9.13 Å². The molecule has 1 heterocycles. The maximum atomic E-state index is 13.7. The van der Waals surface area contributed by atoms with Gasteiger partial charge in [0.2, 0.25) is 11.1 Å². The summed E-state index contributed by atoms with van der Waals surface area (Å²) in [6.07, 6.45) is 4.38. The van der Waals surface area contributed by atoms with Crippen molar-refractivity contribution in [2.24, 2.45) is 16.7 Å². The highest BCUT2D eigenvalue weighted by Crippen LogP contribution is 2.66. The summed E-state index contributed by atoms with van der Waals surface area (Å²) in [7, 11) is 0. The van der Waals surface area contributed by atoms with Crippen LogP contribution in [0.3, 0.4) is 0 Å². The number of fused-ring (bicyclic) bond motifs is 2. The van der Waals surface area contributed by atoms with Crippen LogP contribution in [0, 0.1) is 22.6 Å². The van der Waals surface area contributed by atoms with Crippen molar-refractivity contribution in [3.8, 4) is 5.88 Å². The van der Waals surface area contributed by atoms with Gasteiger partial charge in [0.25, 0.3) is 5.88 Å². The van der Waals surface area contributed by atoms with Crippen molar-refractivity contribution in [3.05, 3.63) is 17.3 Å². The molecular weight excluding hydrogens is 267 g/mol. The molecule has 1 aromatic heterocycles. The molecule has 0 aromatic carbocycles. The van der Waals surface area contributed by atoms with Gasteiger partial charge in [-0.3, -0.25) is 0 Å². The molecule has 2 saturated carbocycles. The second kappa shape index (κ2) is 4.05. The smallest absolute Gasteiger partial charge is 0.255 e. The third-order valence-corrected chi connectivity index (χ3v) is 5.83. The SMILES string of the molecule is CC1(C)C2CCC1(C)C(Oc1nc(Cl)ncc1F)C2. The molecule has 1 aromatic rings. The first-order chi connectivity index (χ1) is 8.84. The van der Waals surface area contributed by atoms with Gasteiger partial charge in [0.1, 0.15) is 6.10 Å². The predicted octanol–water partition coefficient (Wildman–Crippen LogP) is 3.86. The van der Waals surface area contributed by atoms with Crippen molar-refractivity contribution >= 4 is 11.6 Å². The van der Waals surface area contributed by atoms with E-state index in [4.69, 9.17) is 16.3 Å². The Bertz CT molecular complexity index is 522. The monoisotopic (exact) mass is 284 g/mol. The summed E-state index contributed by atoms with van der Waals surface area (Å²) >= 11 is 5.70. The fourth-order valence-corrected chi connectivity index (χ4v) is 3.98. The lowest BCUT2D eigenvalue weighted by atomic mass is 9.70. The highest BCUT2D eigenvalue weighted by Gasteiger charge is 2.62. The van der Waals surface area contributed by atoms with Crippen molar-refractivity contribution in [2.45, 2.75) is 46.1 Å². The Balaban J connectivity index is 1.88. The molecule has 2 aliphatic rings. The van der Waals surface area contributed by atoms with E-state index in [1.54, 1.807) is 0 Å². The van der Waals surface area contributed by atoms with Crippen molar-refractivity contribution in [1.82, 2.24) is 9.97 Å². The molecule has 0 amide bonds. The van der Waals surface area contributed by atoms with Crippen LogP contribution in [-0.2, 0) is 0 Å². The summed E-state index contributed by atoms with van der Waals surface area (Å²) in [5.41, 5.74) is 0.298. The van der Waals surface area contributed by atoms with Crippen molar-refractivity contribution in [1.29, 1.82) is 0 Å². The quantitative estimate of drug-likeness (QED) is 0.774. The first-order valence-electron chi connectivity index (χ1n) is 6.69. The van der Waals surface area contributed by atoms with Crippen LogP contribution < -0.4 is 4.74 Å². The third-order valence-electron chi connectivity index (χ3n) is 5.65. The number of nitrogens with zero attached hydrogens (tertiary/aromatic N) is 2. The molecular formula is C14H18ClFN2O. The molecule has 5 heteroatoms. The largest absolute Gasteiger partial charge is 0.472 e. The minimum Gasteiger partial charge on any atom is -0.472 e. The topological polar surface area (TPSA) is 35.0 Å². The third kappa shape index (κ3) is 1.76. The van der Waals surface area contributed by atoms with Gasteiger partial charge >= 0.3 is 0 Å². The molecule has 19 heavy (non-hydrogen) atoms. The van der Waals surface area contributed by atoms with Crippen LogP contribution in [0.5, 0.6) is 5.88 Å². The molecule has 3 unspecified atom stereocenters. The van der Waals surface area contributed by atoms with Gasteiger partial charge in [-0.05, 0) is 42.2 Å². The van der Waals surface area contributed by atoms with Gasteiger partial charge in [-0.15, -0.1) is 0 Å². The summed E-state index contributed by atoms with van der Waals surface area (Å²) in [4.78, 5) is 7.46. The highest BCUT2D eigenvalue weighted by atomic mass is 35.5. The van der Waals surface area contributed by atoms with Gasteiger partial charge in [-0.2, -0.15) is 9.37 Å². The minimum atomic E-state index is -0.548. The minimum absolute atomic E-state index is 0.00159. The number of hydrogen-bond acceptors (Lipinski definition) is 3. The zero-order valence-corrected chi connectivity index (χ0v) is 12.2. The predicted molar refractivity (Wildman–Crippen MR) is 70.6 cm³/mol. The van der Waals surface area contributed by atoms with Gasteiger partial charge in [0.15, 0.2) is 0 Å². The molecule has 0 radical (unpaired) electrons. The van der Waals surface area contributed by atoms with Crippen LogP contribution in [0.2, 0.25) is 5.28 Å². The molecule has 0 aliphatic heterocycles. The van der Waals surface area contributed by atoms with Crippen LogP contribution in [0.25, 0.3) is 0 Å². The second-order valence-electron chi connectivity index (χ2n) is 6.51. The van der Waals surface area contributed by atoms with Crippen LogP contribution in [0.4, 0.5) is 4.39 Å². The Kier molecular flexibility index (Phi) is 2.79. The van der Waals surface area contributed by atoms with Crippen LogP contribution >= 0.6 is 11.6 Å². The van der Waals surface area contributed by atoms with E-state index in [0.717, 1.165) is 19.0 Å². The van der Waals surface area contributed by atoms with Gasteiger partial charge in [-0.1, -0.05) is 20.8 Å². The number of hydrogen-bond donors (Lipinski definition) is 0. The Morgan fingerprint density at radius 2 is 2.16 bits per heavy atom. The lowest BCUT2D eigenvalue weighted by Gasteiger charge is -2.38. The van der Waals surface area contributed by atoms with E-state index in [2.05, 4.69) is 30.7 Å². The van der Waals surface area contributed by atoms with Gasteiger partial charge in [0.05, 0.1) is 6.20 Å². The van der Waals surface area contributed by atoms with Gasteiger partial charge in [-0.25, -0.2) is 4.98 Å². The molecule has 2 bridgehead atoms. The molecule has 104 valence electrons. The molecule has 0 N–H and O–H groups in total. The Labute approximate surface area is 117 Å². The molecule has 3 rings (SSSR count). The maximum Gasteiger partial charge on any atom is 0.255 e. The fourth-order valence-electron chi connectivity index (χ4n) is 3.86. The number of aromatic nitrogens is 2. The van der Waals surface area contributed by atoms with E-state index < -0.39 is 5.82 Å². The fraction of sp³-hybridized carbons (Fsp3) is 0.714. The molecule has 3 atom stereocenters. The van der Waals surface area contributed by atoms with Gasteiger partial charge in [0, 0.05) is 5.41 Å². The summed E-state index contributed by atoms with van der Waals surface area (Å²) in [5.74, 6) is 0.0750. The summed E-state index contributed by atoms with van der Waals surface area (Å²) < 4.78 is 19.5. The zero-order chi connectivity index (χ0) is 13.8. The lowest BCUT2D eigenvalue weighted by molar-refractivity contribution is 0.0246. The maximum absolute atomic E-state index is 13.7. The van der Waals surface area contributed by atoms with Gasteiger partial charge < -0.3 is 4.74 Å². The normalized spacial score (nSPS) is 35.6. The van der Waals surface area contributed by atoms with E-state index in [0.29, 0.717) is 5.92 Å². The molecule has 2 aliphatic carbocycles.